The van der Waals surface area contributed by atoms with Gasteiger partial charge in [-0.2, -0.15) is 0 Å². The number of carboxylic acid groups (broad SMARTS) is 2. The summed E-state index contributed by atoms with van der Waals surface area (Å²) in [5, 5.41) is 345. The first-order valence-corrected chi connectivity index (χ1v) is 36.0. The van der Waals surface area contributed by atoms with Crippen LogP contribution in [0.2, 0.25) is 0 Å². The number of aliphatic carboxylic acids is 2. The zero-order chi connectivity index (χ0) is 85.2. The van der Waals surface area contributed by atoms with E-state index in [1.165, 1.54) is 0 Å². The standard InChI is InChI=1S/C62H104N2O51/c1-13(73)64-26-32(84)28(80)20(8-69)101-53(26)111-50-35(87)34(86)42(15(75)4-65)105-58(50)110-49-41(93)57(106-44(17(77)6-67)51(49)112-56-40(92)37(89)47(23(11-72)104-56)108-55-39(91)36(88)46(22(10-71)103-55)107-54-38(90)33(85)29(81)21(9-70)102-54)109-48-19(113-62(60(97)98)2-14(74)27(79)43(114-62)16(76)5-66)3-61(59(95)96,115-45(48)18(78)7-68)99-12-24-30(82)31(83)25(63)52(94)100-24/h14-58,65-72,74-94H,2-12,63H2,1H3,(H,64,73)(H,95,96)(H,97,98)/t14-,15?,16-,17?,18-,19-,20-,21-,22-,23-,24-,25-,26-,27-,28-,29+,30-,31-,32-,33+,34?,35?,36-,37-,38-,39-,40-,41?,42?,43-,44?,45-,46+,47-,48-,49?,50?,51?,52-,53-,54-,55+,56+,57?,58?,61-,62-/m1/s1. The topological polar surface area (TPSA) is 873 Å². The Kier molecular flexibility index (Phi) is 33.4. The van der Waals surface area contributed by atoms with E-state index in [0.29, 0.717) is 0 Å². The Hall–Kier alpha value is -3.47. The van der Waals surface area contributed by atoms with Crippen LogP contribution in [0.1, 0.15) is 19.8 Å². The molecule has 9 heterocycles. The van der Waals surface area contributed by atoms with Crippen molar-refractivity contribution in [3.8, 4) is 0 Å². The van der Waals surface area contributed by atoms with E-state index in [0.717, 1.165) is 6.92 Å². The Morgan fingerprint density at radius 2 is 0.791 bits per heavy atom. The number of ether oxygens (including phenoxy) is 17. The number of carbonyl (C=O) groups is 3. The molecule has 0 radical (unpaired) electrons. The molecule has 53 nitrogen and oxygen atoms in total. The predicted molar refractivity (Wildman–Crippen MR) is 345 cm³/mol. The van der Waals surface area contributed by atoms with Crippen LogP contribution in [0.3, 0.4) is 0 Å². The number of nitrogens with one attached hydrogen (secondary N) is 1. The second kappa shape index (κ2) is 40.2. The first-order valence-electron chi connectivity index (χ1n) is 36.0. The SMILES string of the molecule is CC(=O)N[C@H]1[C@@H](OC2C(OC3C(O)C(O[C@H]4[C@@H]([C@H](O)CO)O[C@@](OC[C@H]5O[C@@H](O)[C@H](N)[C@@H](O)[C@@H]5O)(C(=O)O)C[C@H]4O[C@]4(C(=O)O)C[C@@H](O)[C@@H](O)[C@@H]([C@H](O)CO)O4)OC(C(O)CO)C3O[C@@H]3O[C@H](CO)[C@@H](O[C@@H]4O[C@H](CO)[C@H](O[C@H]5O[C@H](CO)[C@H](O)[C@H](O)[C@H]5O)[C@H](O)[C@H]4O)[C@H](O)[C@H]3O)OC(C(O)CO)C(O)C2O)O[C@H](CO)[C@@H](O)[C@@H]1O. The molecular formula is C62H104N2O51. The van der Waals surface area contributed by atoms with Gasteiger partial charge >= 0.3 is 11.9 Å². The van der Waals surface area contributed by atoms with Gasteiger partial charge in [-0.15, -0.1) is 0 Å². The first kappa shape index (κ1) is 95.4. The lowest BCUT2D eigenvalue weighted by Crippen LogP contribution is -2.72. The summed E-state index contributed by atoms with van der Waals surface area (Å²) in [6.45, 7) is -10.9. The van der Waals surface area contributed by atoms with E-state index in [2.05, 4.69) is 5.32 Å². The summed E-state index contributed by atoms with van der Waals surface area (Å²) in [5.41, 5.74) is 5.71. The highest BCUT2D eigenvalue weighted by Gasteiger charge is 2.66. The van der Waals surface area contributed by atoms with Crippen molar-refractivity contribution >= 4 is 17.8 Å². The summed E-state index contributed by atoms with van der Waals surface area (Å²) in [7, 11) is 0. The minimum Gasteiger partial charge on any atom is -0.477 e. The van der Waals surface area contributed by atoms with Crippen LogP contribution in [0.4, 0.5) is 0 Å². The van der Waals surface area contributed by atoms with Crippen molar-refractivity contribution < 1.29 is 253 Å². The number of hydrogen-bond donors (Lipinski definition) is 33. The molecule has 9 aliphatic heterocycles. The molecule has 1 amide bonds. The summed E-state index contributed by atoms with van der Waals surface area (Å²) >= 11 is 0. The molecule has 9 fully saturated rings. The van der Waals surface area contributed by atoms with Crippen molar-refractivity contribution in [1.82, 2.24) is 5.32 Å². The molecule has 0 spiro atoms. The number of carboxylic acids is 2. The van der Waals surface area contributed by atoms with Gasteiger partial charge in [-0.3, -0.25) is 4.79 Å². The summed E-state index contributed by atoms with van der Waals surface area (Å²) in [5.74, 6) is -12.8. The first-order chi connectivity index (χ1) is 54.2. The summed E-state index contributed by atoms with van der Waals surface area (Å²) < 4.78 is 99.4. The van der Waals surface area contributed by atoms with Crippen molar-refractivity contribution in [2.24, 2.45) is 5.73 Å². The van der Waals surface area contributed by atoms with Gasteiger partial charge in [0, 0.05) is 19.8 Å². The maximum Gasteiger partial charge on any atom is 0.364 e. The maximum atomic E-state index is 13.9. The molecule has 53 heteroatoms. The summed E-state index contributed by atoms with van der Waals surface area (Å²) in [6, 6.07) is -3.68. The molecule has 0 bridgehead atoms. The van der Waals surface area contributed by atoms with E-state index in [9.17, 15) is 173 Å². The number of hydrogen-bond acceptors (Lipinski definition) is 50. The molecule has 34 N–H and O–H groups in total. The van der Waals surface area contributed by atoms with Gasteiger partial charge in [0.05, 0.1) is 77.7 Å². The van der Waals surface area contributed by atoms with Gasteiger partial charge in [-0.1, -0.05) is 0 Å². The second-order valence-electron chi connectivity index (χ2n) is 28.9. The quantitative estimate of drug-likeness (QED) is 0.0297. The Morgan fingerprint density at radius 1 is 0.383 bits per heavy atom. The Balaban J connectivity index is 1.14. The van der Waals surface area contributed by atoms with Crippen molar-refractivity contribution in [2.45, 2.75) is 307 Å². The van der Waals surface area contributed by atoms with Crippen LogP contribution in [0.25, 0.3) is 0 Å². The van der Waals surface area contributed by atoms with Gasteiger partial charge in [0.15, 0.2) is 44.0 Å². The van der Waals surface area contributed by atoms with Gasteiger partial charge in [-0.05, 0) is 0 Å². The van der Waals surface area contributed by atoms with Crippen molar-refractivity contribution in [3.63, 3.8) is 0 Å². The fourth-order valence-electron chi connectivity index (χ4n) is 14.7. The molecule has 0 aromatic rings. The molecule has 47 atom stereocenters. The minimum atomic E-state index is -3.59. The van der Waals surface area contributed by atoms with Crippen molar-refractivity contribution in [2.75, 3.05) is 59.5 Å². The third-order valence-electron chi connectivity index (χ3n) is 21.2. The Labute approximate surface area is 647 Å². The molecule has 115 heavy (non-hydrogen) atoms. The highest BCUT2D eigenvalue weighted by Crippen LogP contribution is 2.45. The molecule has 0 aromatic heterocycles. The Bertz CT molecular complexity index is 3060. The van der Waals surface area contributed by atoms with E-state index >= 15 is 0 Å². The molecule has 0 aliphatic carbocycles. The van der Waals surface area contributed by atoms with Gasteiger partial charge < -0.3 is 250 Å². The van der Waals surface area contributed by atoms with Gasteiger partial charge in [0.2, 0.25) is 5.91 Å². The van der Waals surface area contributed by atoms with Crippen LogP contribution in [-0.2, 0) is 94.9 Å². The molecule has 9 aliphatic rings. The normalized spacial score (nSPS) is 49.2. The lowest BCUT2D eigenvalue weighted by molar-refractivity contribution is -0.421. The second-order valence-corrected chi connectivity index (χ2v) is 28.9. The smallest absolute Gasteiger partial charge is 0.364 e. The number of nitrogens with two attached hydrogens (primary N) is 1. The lowest BCUT2D eigenvalue weighted by Gasteiger charge is -2.53. The highest BCUT2D eigenvalue weighted by atomic mass is 16.8. The summed E-state index contributed by atoms with van der Waals surface area (Å²) in [6.07, 6.45) is -104. The van der Waals surface area contributed by atoms with Gasteiger partial charge in [0.1, 0.15) is 214 Å². The van der Waals surface area contributed by atoms with Crippen molar-refractivity contribution in [3.05, 3.63) is 0 Å². The van der Waals surface area contributed by atoms with E-state index < -0.39 is 378 Å². The highest BCUT2D eigenvalue weighted by molar-refractivity contribution is 5.77. The summed E-state index contributed by atoms with van der Waals surface area (Å²) in [4.78, 5) is 40.3. The van der Waals surface area contributed by atoms with E-state index in [4.69, 9.17) is 86.3 Å². The van der Waals surface area contributed by atoms with Gasteiger partial charge in [0.25, 0.3) is 11.6 Å². The van der Waals surface area contributed by atoms with E-state index in [-0.39, 0.29) is 0 Å². The third-order valence-corrected chi connectivity index (χ3v) is 21.2. The fraction of sp³-hybridized carbons (Fsp3) is 0.952. The number of carbonyl (C=O) groups excluding carboxylic acids is 1. The van der Waals surface area contributed by atoms with E-state index in [1.807, 2.05) is 0 Å². The molecule has 12 unspecified atom stereocenters. The van der Waals surface area contributed by atoms with Crippen molar-refractivity contribution in [1.29, 1.82) is 0 Å². The molecule has 0 aromatic carbocycles. The monoisotopic (exact) mass is 1690 g/mol. The molecule has 9 saturated heterocycles. The largest absolute Gasteiger partial charge is 0.477 e. The number of aliphatic hydroxyl groups excluding tert-OH is 29. The van der Waals surface area contributed by atoms with Gasteiger partial charge in [-0.25, -0.2) is 9.59 Å². The number of amides is 1. The molecule has 668 valence electrons. The zero-order valence-corrected chi connectivity index (χ0v) is 60.4. The van der Waals surface area contributed by atoms with Crippen LogP contribution >= 0.6 is 0 Å². The van der Waals surface area contributed by atoms with E-state index in [1.54, 1.807) is 0 Å². The fourth-order valence-corrected chi connectivity index (χ4v) is 14.7. The minimum absolute atomic E-state index is 0.892. The maximum absolute atomic E-state index is 13.9. The Morgan fingerprint density at radius 3 is 1.30 bits per heavy atom. The number of rotatable bonds is 32. The average Bonchev–Trinajstić information content (AvgIpc) is 0.729. The van der Waals surface area contributed by atoms with Crippen LogP contribution in [0.5, 0.6) is 0 Å². The van der Waals surface area contributed by atoms with Crippen LogP contribution in [0, 0.1) is 0 Å². The zero-order valence-electron chi connectivity index (χ0n) is 60.4. The predicted octanol–water partition coefficient (Wildman–Crippen LogP) is -22.1. The van der Waals surface area contributed by atoms with Crippen LogP contribution < -0.4 is 11.1 Å². The molecular weight excluding hydrogens is 1590 g/mol. The van der Waals surface area contributed by atoms with Crippen LogP contribution in [0.15, 0.2) is 0 Å². The average molecular weight is 1690 g/mol. The number of aliphatic hydroxyl groups is 29. The third kappa shape index (κ3) is 19.9. The molecule has 0 saturated carbocycles. The lowest BCUT2D eigenvalue weighted by atomic mass is 9.89. The molecule has 9 rings (SSSR count). The van der Waals surface area contributed by atoms with Crippen LogP contribution in [-0.4, -0.2) is 523 Å².